The molecule has 0 radical (unpaired) electrons. The normalized spacial score (nSPS) is 12.2. The fourth-order valence-corrected chi connectivity index (χ4v) is 0.594. The average Bonchev–Trinajstić information content (AvgIpc) is 1.65. The van der Waals surface area contributed by atoms with Crippen molar-refractivity contribution in [2.45, 2.75) is 20.8 Å². The van der Waals surface area contributed by atoms with E-state index >= 15 is 0 Å². The van der Waals surface area contributed by atoms with Gasteiger partial charge >= 0.3 is 0 Å². The van der Waals surface area contributed by atoms with Crippen molar-refractivity contribution in [3.63, 3.8) is 0 Å². The van der Waals surface area contributed by atoms with Gasteiger partial charge in [-0.2, -0.15) is 0 Å². The number of hydrogen-bond acceptors (Lipinski definition) is 0. The second kappa shape index (κ2) is 3.48. The van der Waals surface area contributed by atoms with Crippen LogP contribution in [0.1, 0.15) is 20.8 Å². The van der Waals surface area contributed by atoms with E-state index < -0.39 is 0 Å². The van der Waals surface area contributed by atoms with Crippen LogP contribution in [0.5, 0.6) is 0 Å². The van der Waals surface area contributed by atoms with Gasteiger partial charge in [0, 0.05) is 0 Å². The van der Waals surface area contributed by atoms with E-state index in [0.29, 0.717) is 5.92 Å². The molecule has 0 N–H and O–H groups in total. The molecule has 0 nitrogen and oxygen atoms in total. The van der Waals surface area contributed by atoms with Crippen molar-refractivity contribution in [2.24, 2.45) is 5.92 Å². The summed E-state index contributed by atoms with van der Waals surface area (Å²) >= 11 is 0. The smallest absolute Gasteiger partial charge is 0.0285 e. The van der Waals surface area contributed by atoms with Crippen molar-refractivity contribution >= 4 is 0 Å². The molecule has 0 bridgehead atoms. The Labute approximate surface area is 51.9 Å². The second-order valence-electron chi connectivity index (χ2n) is 2.36. The Morgan fingerprint density at radius 1 is 1.50 bits per heavy atom. The lowest BCUT2D eigenvalue weighted by Gasteiger charge is -1.94. The summed E-state index contributed by atoms with van der Waals surface area (Å²) in [6.07, 6.45) is 4.06. The Balaban J connectivity index is 3.74. The SMILES string of the molecule is C=CC(C)=CC(C)C. The van der Waals surface area contributed by atoms with Crippen LogP contribution in [0, 0.1) is 5.92 Å². The lowest BCUT2D eigenvalue weighted by Crippen LogP contribution is -1.78. The molecule has 0 unspecified atom stereocenters. The van der Waals surface area contributed by atoms with Crippen LogP contribution in [-0.4, -0.2) is 0 Å². The lowest BCUT2D eigenvalue weighted by atomic mass is 10.1. The van der Waals surface area contributed by atoms with Gasteiger partial charge in [-0.1, -0.05) is 38.2 Å². The molecule has 0 amide bonds. The standard InChI is InChI=1S/C8H14/c1-5-8(4)6-7(2)3/h5-7H,1H2,2-4H3. The van der Waals surface area contributed by atoms with Crippen LogP contribution in [-0.2, 0) is 0 Å². The van der Waals surface area contributed by atoms with E-state index in [1.165, 1.54) is 5.57 Å². The Hall–Kier alpha value is -0.520. The molecule has 0 aliphatic heterocycles. The molecule has 0 aromatic rings. The third kappa shape index (κ3) is 3.66. The molecule has 0 saturated heterocycles. The van der Waals surface area contributed by atoms with Crippen LogP contribution in [0.4, 0.5) is 0 Å². The summed E-state index contributed by atoms with van der Waals surface area (Å²) in [5.74, 6) is 0.646. The summed E-state index contributed by atoms with van der Waals surface area (Å²) in [5.41, 5.74) is 1.26. The van der Waals surface area contributed by atoms with Crippen molar-refractivity contribution in [1.82, 2.24) is 0 Å². The Kier molecular flexibility index (Phi) is 3.25. The molecule has 8 heavy (non-hydrogen) atoms. The zero-order valence-corrected chi connectivity index (χ0v) is 5.94. The number of rotatable bonds is 2. The quantitative estimate of drug-likeness (QED) is 0.479. The van der Waals surface area contributed by atoms with Gasteiger partial charge in [0.1, 0.15) is 0 Å². The van der Waals surface area contributed by atoms with Crippen molar-refractivity contribution in [2.75, 3.05) is 0 Å². The van der Waals surface area contributed by atoms with Crippen LogP contribution in [0.25, 0.3) is 0 Å². The van der Waals surface area contributed by atoms with E-state index in [2.05, 4.69) is 33.4 Å². The maximum Gasteiger partial charge on any atom is -0.0285 e. The Morgan fingerprint density at radius 2 is 2.00 bits per heavy atom. The van der Waals surface area contributed by atoms with Crippen LogP contribution in [0.2, 0.25) is 0 Å². The Morgan fingerprint density at radius 3 is 2.12 bits per heavy atom. The molecule has 0 fully saturated rings. The fourth-order valence-electron chi connectivity index (χ4n) is 0.594. The summed E-state index contributed by atoms with van der Waals surface area (Å²) in [4.78, 5) is 0. The highest BCUT2D eigenvalue weighted by Crippen LogP contribution is 2.00. The summed E-state index contributed by atoms with van der Waals surface area (Å²) < 4.78 is 0. The third-order valence-electron chi connectivity index (χ3n) is 0.918. The molecule has 0 aliphatic rings. The predicted octanol–water partition coefficient (Wildman–Crippen LogP) is 2.77. The van der Waals surface area contributed by atoms with Crippen LogP contribution >= 0.6 is 0 Å². The highest BCUT2D eigenvalue weighted by Gasteiger charge is 1.84. The van der Waals surface area contributed by atoms with Crippen LogP contribution < -0.4 is 0 Å². The second-order valence-corrected chi connectivity index (χ2v) is 2.36. The van der Waals surface area contributed by atoms with Crippen LogP contribution in [0.3, 0.4) is 0 Å². The molecular weight excluding hydrogens is 96.1 g/mol. The first-order valence-electron chi connectivity index (χ1n) is 2.97. The largest absolute Gasteiger partial charge is 0.0988 e. The molecule has 0 aromatic heterocycles. The molecular formula is C8H14. The molecule has 0 rings (SSSR count). The highest BCUT2D eigenvalue weighted by molar-refractivity contribution is 5.13. The van der Waals surface area contributed by atoms with Gasteiger partial charge < -0.3 is 0 Å². The van der Waals surface area contributed by atoms with Gasteiger partial charge in [0.05, 0.1) is 0 Å². The first kappa shape index (κ1) is 7.48. The van der Waals surface area contributed by atoms with E-state index in [9.17, 15) is 0 Å². The molecule has 0 heterocycles. The highest BCUT2D eigenvalue weighted by atomic mass is 13.9. The lowest BCUT2D eigenvalue weighted by molar-refractivity contribution is 0.825. The molecule has 46 valence electrons. The first-order chi connectivity index (χ1) is 3.66. The molecule has 0 aromatic carbocycles. The summed E-state index contributed by atoms with van der Waals surface area (Å²) in [5, 5.41) is 0. The zero-order valence-electron chi connectivity index (χ0n) is 5.94. The summed E-state index contributed by atoms with van der Waals surface area (Å²) in [6.45, 7) is 10.0. The van der Waals surface area contributed by atoms with E-state index in [1.807, 2.05) is 6.08 Å². The van der Waals surface area contributed by atoms with Gasteiger partial charge in [-0.05, 0) is 12.8 Å². The van der Waals surface area contributed by atoms with Gasteiger partial charge in [-0.3, -0.25) is 0 Å². The molecule has 0 aliphatic carbocycles. The van der Waals surface area contributed by atoms with Gasteiger partial charge in [0.15, 0.2) is 0 Å². The molecule has 0 spiro atoms. The van der Waals surface area contributed by atoms with E-state index in [1.54, 1.807) is 0 Å². The monoisotopic (exact) mass is 110 g/mol. The Bertz CT molecular complexity index is 96.6. The summed E-state index contributed by atoms with van der Waals surface area (Å²) in [7, 11) is 0. The van der Waals surface area contributed by atoms with Crippen molar-refractivity contribution in [3.05, 3.63) is 24.3 Å². The van der Waals surface area contributed by atoms with E-state index in [0.717, 1.165) is 0 Å². The van der Waals surface area contributed by atoms with E-state index in [4.69, 9.17) is 0 Å². The molecule has 0 atom stereocenters. The first-order valence-corrected chi connectivity index (χ1v) is 2.97. The van der Waals surface area contributed by atoms with Crippen molar-refractivity contribution in [1.29, 1.82) is 0 Å². The molecule has 0 saturated carbocycles. The summed E-state index contributed by atoms with van der Waals surface area (Å²) in [6, 6.07) is 0. The number of hydrogen-bond donors (Lipinski definition) is 0. The van der Waals surface area contributed by atoms with Gasteiger partial charge in [-0.25, -0.2) is 0 Å². The topological polar surface area (TPSA) is 0 Å². The molecule has 0 heteroatoms. The minimum Gasteiger partial charge on any atom is -0.0988 e. The fraction of sp³-hybridized carbons (Fsp3) is 0.500. The zero-order chi connectivity index (χ0) is 6.57. The minimum atomic E-state index is 0.646. The van der Waals surface area contributed by atoms with Crippen molar-refractivity contribution < 1.29 is 0 Å². The van der Waals surface area contributed by atoms with Gasteiger partial charge in [0.2, 0.25) is 0 Å². The van der Waals surface area contributed by atoms with E-state index in [-0.39, 0.29) is 0 Å². The van der Waals surface area contributed by atoms with Crippen LogP contribution in [0.15, 0.2) is 24.3 Å². The van der Waals surface area contributed by atoms with Gasteiger partial charge in [0.25, 0.3) is 0 Å². The minimum absolute atomic E-state index is 0.646. The van der Waals surface area contributed by atoms with Gasteiger partial charge in [-0.15, -0.1) is 0 Å². The maximum atomic E-state index is 3.65. The average molecular weight is 110 g/mol. The predicted molar refractivity (Wildman–Crippen MR) is 38.8 cm³/mol. The van der Waals surface area contributed by atoms with Crippen molar-refractivity contribution in [3.8, 4) is 0 Å². The third-order valence-corrected chi connectivity index (χ3v) is 0.918. The maximum absolute atomic E-state index is 3.65. The number of allylic oxidation sites excluding steroid dienone is 3.